The van der Waals surface area contributed by atoms with Gasteiger partial charge in [0.1, 0.15) is 5.75 Å². The van der Waals surface area contributed by atoms with E-state index in [1.165, 1.54) is 5.56 Å². The Morgan fingerprint density at radius 3 is 2.47 bits per heavy atom. The molecule has 0 unspecified atom stereocenters. The number of fused-ring (bicyclic) bond motifs is 1. The van der Waals surface area contributed by atoms with Gasteiger partial charge in [-0.15, -0.1) is 0 Å². The summed E-state index contributed by atoms with van der Waals surface area (Å²) in [6, 6.07) is 7.79. The van der Waals surface area contributed by atoms with Crippen molar-refractivity contribution < 1.29 is 14.6 Å². The predicted molar refractivity (Wildman–Crippen MR) is 126 cm³/mol. The SMILES string of the molecule is Cc1cc(OCCCc2c(C)n(CCC(=O)O)c3c(Br)c(Cl)ccc23)cc(C)c1Cl. The number of carbonyl (C=O) groups is 1. The molecule has 0 fully saturated rings. The van der Waals surface area contributed by atoms with E-state index in [0.29, 0.717) is 18.2 Å². The van der Waals surface area contributed by atoms with E-state index < -0.39 is 5.97 Å². The van der Waals surface area contributed by atoms with Crippen LogP contribution >= 0.6 is 39.1 Å². The van der Waals surface area contributed by atoms with Crippen LogP contribution in [0.2, 0.25) is 10.0 Å². The molecule has 0 amide bonds. The first kappa shape index (κ1) is 23.0. The van der Waals surface area contributed by atoms with Crippen molar-refractivity contribution in [3.05, 3.63) is 61.2 Å². The Morgan fingerprint density at radius 2 is 1.83 bits per heavy atom. The number of halogens is 3. The molecular formula is C23H24BrCl2NO3. The number of nitrogens with zero attached hydrogens (tertiary/aromatic N) is 1. The van der Waals surface area contributed by atoms with Crippen molar-refractivity contribution in [2.24, 2.45) is 0 Å². The van der Waals surface area contributed by atoms with E-state index in [1.54, 1.807) is 0 Å². The standard InChI is InChI=1S/C23H24BrCl2NO3/c1-13-11-16(12-14(2)22(13)26)30-10-4-5-17-15(3)27(9-8-20(28)29)23-18(17)6-7-19(25)21(23)24/h6-7,11-12H,4-5,8-10H2,1-3H3,(H,28,29). The van der Waals surface area contributed by atoms with Crippen LogP contribution in [0, 0.1) is 20.8 Å². The molecule has 0 spiro atoms. The lowest BCUT2D eigenvalue weighted by Crippen LogP contribution is -2.07. The highest BCUT2D eigenvalue weighted by atomic mass is 79.9. The van der Waals surface area contributed by atoms with Crippen LogP contribution in [0.3, 0.4) is 0 Å². The van der Waals surface area contributed by atoms with Gasteiger partial charge < -0.3 is 14.4 Å². The third-order valence-electron chi connectivity index (χ3n) is 5.30. The molecule has 1 N–H and O–H groups in total. The van der Waals surface area contributed by atoms with Gasteiger partial charge in [-0.2, -0.15) is 0 Å². The van der Waals surface area contributed by atoms with Gasteiger partial charge >= 0.3 is 5.97 Å². The number of aliphatic carboxylic acids is 1. The molecule has 3 rings (SSSR count). The van der Waals surface area contributed by atoms with Crippen LogP contribution in [-0.4, -0.2) is 22.2 Å². The smallest absolute Gasteiger partial charge is 0.305 e. The number of hydrogen-bond acceptors (Lipinski definition) is 2. The highest BCUT2D eigenvalue weighted by Gasteiger charge is 2.18. The summed E-state index contributed by atoms with van der Waals surface area (Å²) in [5, 5.41) is 11.6. The number of rotatable bonds is 8. The maximum atomic E-state index is 11.1. The number of benzene rings is 2. The number of aromatic nitrogens is 1. The summed E-state index contributed by atoms with van der Waals surface area (Å²) < 4.78 is 8.79. The van der Waals surface area contributed by atoms with Gasteiger partial charge in [0.15, 0.2) is 0 Å². The van der Waals surface area contributed by atoms with E-state index in [0.717, 1.165) is 55.8 Å². The minimum Gasteiger partial charge on any atom is -0.494 e. The molecule has 0 saturated carbocycles. The highest BCUT2D eigenvalue weighted by Crippen LogP contribution is 2.37. The lowest BCUT2D eigenvalue weighted by atomic mass is 10.1. The molecule has 0 aliphatic heterocycles. The van der Waals surface area contributed by atoms with Crippen LogP contribution < -0.4 is 4.74 Å². The molecule has 4 nitrogen and oxygen atoms in total. The second-order valence-corrected chi connectivity index (χ2v) is 9.02. The number of carboxylic acid groups (broad SMARTS) is 1. The molecule has 0 saturated heterocycles. The fourth-order valence-electron chi connectivity index (χ4n) is 3.80. The van der Waals surface area contributed by atoms with Crippen LogP contribution in [0.5, 0.6) is 5.75 Å². The summed E-state index contributed by atoms with van der Waals surface area (Å²) in [6.07, 6.45) is 1.71. The Bertz CT molecular complexity index is 1080. The maximum absolute atomic E-state index is 11.1. The second-order valence-electron chi connectivity index (χ2n) is 7.44. The molecule has 0 atom stereocenters. The summed E-state index contributed by atoms with van der Waals surface area (Å²) in [5.74, 6) is 0.00226. The third kappa shape index (κ3) is 4.79. The Morgan fingerprint density at radius 1 is 1.17 bits per heavy atom. The molecule has 0 aliphatic rings. The average Bonchev–Trinajstić information content (AvgIpc) is 2.96. The van der Waals surface area contributed by atoms with E-state index in [9.17, 15) is 4.79 Å². The average molecular weight is 513 g/mol. The summed E-state index contributed by atoms with van der Waals surface area (Å²) >= 11 is 16.1. The first-order valence-electron chi connectivity index (χ1n) is 9.77. The number of aryl methyl sites for hydroxylation is 4. The fraction of sp³-hybridized carbons (Fsp3) is 0.348. The zero-order valence-electron chi connectivity index (χ0n) is 17.2. The van der Waals surface area contributed by atoms with Crippen molar-refractivity contribution >= 4 is 56.0 Å². The topological polar surface area (TPSA) is 51.5 Å². The van der Waals surface area contributed by atoms with Gasteiger partial charge in [-0.1, -0.05) is 29.3 Å². The minimum absolute atomic E-state index is 0.0569. The summed E-state index contributed by atoms with van der Waals surface area (Å²) in [6.45, 7) is 6.96. The molecule has 160 valence electrons. The first-order valence-corrected chi connectivity index (χ1v) is 11.3. The van der Waals surface area contributed by atoms with Crippen molar-refractivity contribution in [1.29, 1.82) is 0 Å². The Kier molecular flexibility index (Phi) is 7.38. The predicted octanol–water partition coefficient (Wildman–Crippen LogP) is 7.12. The van der Waals surface area contributed by atoms with E-state index >= 15 is 0 Å². The second kappa shape index (κ2) is 9.63. The van der Waals surface area contributed by atoms with Crippen molar-refractivity contribution in [3.8, 4) is 5.75 Å². The van der Waals surface area contributed by atoms with Crippen LogP contribution in [0.4, 0.5) is 0 Å². The Hall–Kier alpha value is -1.69. The maximum Gasteiger partial charge on any atom is 0.305 e. The number of carboxylic acids is 1. The van der Waals surface area contributed by atoms with Crippen molar-refractivity contribution in [2.45, 2.75) is 46.6 Å². The van der Waals surface area contributed by atoms with Gasteiger partial charge in [0.05, 0.1) is 28.0 Å². The van der Waals surface area contributed by atoms with Crippen LogP contribution in [0.25, 0.3) is 10.9 Å². The number of ether oxygens (including phenoxy) is 1. The van der Waals surface area contributed by atoms with Gasteiger partial charge in [0.2, 0.25) is 0 Å². The Labute approximate surface area is 194 Å². The first-order chi connectivity index (χ1) is 14.2. The molecule has 3 aromatic rings. The zero-order valence-corrected chi connectivity index (χ0v) is 20.3. The lowest BCUT2D eigenvalue weighted by molar-refractivity contribution is -0.137. The molecule has 0 radical (unpaired) electrons. The van der Waals surface area contributed by atoms with Crippen molar-refractivity contribution in [2.75, 3.05) is 6.61 Å². The van der Waals surface area contributed by atoms with Gasteiger partial charge in [-0.05, 0) is 84.4 Å². The monoisotopic (exact) mass is 511 g/mol. The highest BCUT2D eigenvalue weighted by molar-refractivity contribution is 9.10. The van der Waals surface area contributed by atoms with Gasteiger partial charge in [-0.3, -0.25) is 4.79 Å². The van der Waals surface area contributed by atoms with Gasteiger partial charge in [0.25, 0.3) is 0 Å². The molecular weight excluding hydrogens is 489 g/mol. The largest absolute Gasteiger partial charge is 0.494 e. The zero-order chi connectivity index (χ0) is 22.0. The van der Waals surface area contributed by atoms with Crippen molar-refractivity contribution in [1.82, 2.24) is 4.57 Å². The Balaban J connectivity index is 1.79. The van der Waals surface area contributed by atoms with E-state index in [2.05, 4.69) is 15.9 Å². The molecule has 1 heterocycles. The lowest BCUT2D eigenvalue weighted by Gasteiger charge is -2.10. The van der Waals surface area contributed by atoms with Crippen LogP contribution in [-0.2, 0) is 17.8 Å². The molecule has 30 heavy (non-hydrogen) atoms. The van der Waals surface area contributed by atoms with E-state index in [-0.39, 0.29) is 6.42 Å². The van der Waals surface area contributed by atoms with Crippen LogP contribution in [0.15, 0.2) is 28.7 Å². The van der Waals surface area contributed by atoms with E-state index in [1.807, 2.05) is 49.6 Å². The fourth-order valence-corrected chi connectivity index (χ4v) is 4.63. The molecule has 2 aromatic carbocycles. The van der Waals surface area contributed by atoms with Gasteiger partial charge in [0, 0.05) is 22.6 Å². The van der Waals surface area contributed by atoms with Crippen LogP contribution in [0.1, 0.15) is 35.2 Å². The minimum atomic E-state index is -0.821. The molecule has 0 aliphatic carbocycles. The number of hydrogen-bond donors (Lipinski definition) is 1. The quantitative estimate of drug-likeness (QED) is 0.327. The summed E-state index contributed by atoms with van der Waals surface area (Å²) in [4.78, 5) is 11.1. The molecule has 0 bridgehead atoms. The van der Waals surface area contributed by atoms with E-state index in [4.69, 9.17) is 33.0 Å². The van der Waals surface area contributed by atoms with Crippen molar-refractivity contribution in [3.63, 3.8) is 0 Å². The molecule has 1 aromatic heterocycles. The third-order valence-corrected chi connectivity index (χ3v) is 7.25. The summed E-state index contributed by atoms with van der Waals surface area (Å²) in [7, 11) is 0. The van der Waals surface area contributed by atoms with Gasteiger partial charge in [-0.25, -0.2) is 0 Å². The summed E-state index contributed by atoms with van der Waals surface area (Å²) in [5.41, 5.74) is 5.21. The molecule has 7 heteroatoms. The normalized spacial score (nSPS) is 11.3.